The summed E-state index contributed by atoms with van der Waals surface area (Å²) in [4.78, 5) is 13.8. The average molecular weight is 198 g/mol. The number of likely N-dealkylation sites (N-methyl/N-ethyl adjacent to an activating group) is 1. The molecule has 0 aliphatic carbocycles. The Morgan fingerprint density at radius 1 is 1.43 bits per heavy atom. The maximum Gasteiger partial charge on any atom is 0.239 e. The topological polar surface area (TPSA) is 32.3 Å². The summed E-state index contributed by atoms with van der Waals surface area (Å²) in [6.07, 6.45) is 2.12. The maximum atomic E-state index is 12.0. The molecule has 0 saturated carbocycles. The van der Waals surface area contributed by atoms with Crippen LogP contribution in [0.4, 0.5) is 0 Å². The van der Waals surface area contributed by atoms with Crippen LogP contribution < -0.4 is 5.32 Å². The van der Waals surface area contributed by atoms with E-state index in [-0.39, 0.29) is 11.9 Å². The molecule has 0 aromatic rings. The molecule has 1 aliphatic heterocycles. The van der Waals surface area contributed by atoms with Crippen LogP contribution in [0.5, 0.6) is 0 Å². The first-order valence-corrected chi connectivity index (χ1v) is 5.54. The molecule has 0 spiro atoms. The molecule has 1 N–H and O–H groups in total. The van der Waals surface area contributed by atoms with Crippen molar-refractivity contribution in [3.05, 3.63) is 0 Å². The minimum absolute atomic E-state index is 0.0706. The van der Waals surface area contributed by atoms with Crippen molar-refractivity contribution in [3.8, 4) is 0 Å². The van der Waals surface area contributed by atoms with Crippen LogP contribution in [-0.4, -0.2) is 36.5 Å². The predicted octanol–water partition coefficient (Wildman–Crippen LogP) is 1.24. The Morgan fingerprint density at radius 3 is 2.50 bits per heavy atom. The first-order chi connectivity index (χ1) is 6.54. The van der Waals surface area contributed by atoms with E-state index in [0.29, 0.717) is 12.0 Å². The van der Waals surface area contributed by atoms with Crippen LogP contribution in [0.2, 0.25) is 0 Å². The van der Waals surface area contributed by atoms with Crippen LogP contribution in [0.1, 0.15) is 33.6 Å². The van der Waals surface area contributed by atoms with E-state index in [1.54, 1.807) is 0 Å². The Balaban J connectivity index is 2.50. The van der Waals surface area contributed by atoms with E-state index in [9.17, 15) is 4.79 Å². The van der Waals surface area contributed by atoms with Gasteiger partial charge in [-0.05, 0) is 32.2 Å². The minimum atomic E-state index is 0.0706. The van der Waals surface area contributed by atoms with Crippen molar-refractivity contribution in [1.29, 1.82) is 0 Å². The summed E-state index contributed by atoms with van der Waals surface area (Å²) in [6, 6.07) is 0.395. The van der Waals surface area contributed by atoms with Crippen LogP contribution >= 0.6 is 0 Å². The summed E-state index contributed by atoms with van der Waals surface area (Å²) in [5.74, 6) is 0.772. The van der Waals surface area contributed by atoms with Gasteiger partial charge in [-0.15, -0.1) is 0 Å². The third-order valence-electron chi connectivity index (χ3n) is 3.28. The van der Waals surface area contributed by atoms with Crippen LogP contribution in [0.15, 0.2) is 0 Å². The first-order valence-electron chi connectivity index (χ1n) is 5.54. The molecule has 0 aromatic heterocycles. The van der Waals surface area contributed by atoms with Crippen molar-refractivity contribution in [1.82, 2.24) is 10.2 Å². The Labute approximate surface area is 86.9 Å². The second kappa shape index (κ2) is 4.78. The second-order valence-electron chi connectivity index (χ2n) is 4.58. The normalized spacial score (nSPS) is 23.9. The molecule has 82 valence electrons. The molecule has 1 saturated heterocycles. The summed E-state index contributed by atoms with van der Waals surface area (Å²) < 4.78 is 0. The van der Waals surface area contributed by atoms with Gasteiger partial charge in [0.2, 0.25) is 5.91 Å². The van der Waals surface area contributed by atoms with Crippen molar-refractivity contribution in [2.24, 2.45) is 5.92 Å². The zero-order valence-electron chi connectivity index (χ0n) is 9.71. The highest BCUT2D eigenvalue weighted by Crippen LogP contribution is 2.13. The monoisotopic (exact) mass is 198 g/mol. The lowest BCUT2D eigenvalue weighted by atomic mass is 10.0. The molecule has 1 amide bonds. The third kappa shape index (κ3) is 2.47. The number of carbonyl (C=O) groups is 1. The molecule has 0 radical (unpaired) electrons. The minimum Gasteiger partial charge on any atom is -0.341 e. The SMILES string of the molecule is CC(C)C(C)N(C)C(=O)C1CCCN1. The summed E-state index contributed by atoms with van der Waals surface area (Å²) in [5.41, 5.74) is 0. The second-order valence-corrected chi connectivity index (χ2v) is 4.58. The summed E-state index contributed by atoms with van der Waals surface area (Å²) >= 11 is 0. The van der Waals surface area contributed by atoms with E-state index >= 15 is 0 Å². The molecule has 14 heavy (non-hydrogen) atoms. The zero-order valence-corrected chi connectivity index (χ0v) is 9.71. The van der Waals surface area contributed by atoms with Gasteiger partial charge in [-0.1, -0.05) is 13.8 Å². The number of amides is 1. The van der Waals surface area contributed by atoms with Crippen molar-refractivity contribution in [3.63, 3.8) is 0 Å². The molecule has 0 bridgehead atoms. The van der Waals surface area contributed by atoms with Gasteiger partial charge in [-0.3, -0.25) is 4.79 Å². The van der Waals surface area contributed by atoms with Gasteiger partial charge < -0.3 is 10.2 Å². The average Bonchev–Trinajstić information content (AvgIpc) is 2.67. The van der Waals surface area contributed by atoms with Gasteiger partial charge >= 0.3 is 0 Å². The Morgan fingerprint density at radius 2 is 2.07 bits per heavy atom. The molecule has 3 nitrogen and oxygen atoms in total. The summed E-state index contributed by atoms with van der Waals surface area (Å²) in [7, 11) is 1.91. The smallest absolute Gasteiger partial charge is 0.239 e. The zero-order chi connectivity index (χ0) is 10.7. The van der Waals surface area contributed by atoms with Gasteiger partial charge in [0.15, 0.2) is 0 Å². The van der Waals surface area contributed by atoms with E-state index in [4.69, 9.17) is 0 Å². The van der Waals surface area contributed by atoms with Gasteiger partial charge in [0, 0.05) is 13.1 Å². The molecular formula is C11H22N2O. The summed E-state index contributed by atoms with van der Waals surface area (Å²) in [5, 5.41) is 3.24. The van der Waals surface area contributed by atoms with Crippen molar-refractivity contribution < 1.29 is 4.79 Å². The van der Waals surface area contributed by atoms with Crippen LogP contribution in [-0.2, 0) is 4.79 Å². The molecule has 1 fully saturated rings. The standard InChI is InChI=1S/C11H22N2O/c1-8(2)9(3)13(4)11(14)10-6-5-7-12-10/h8-10,12H,5-7H2,1-4H3. The first kappa shape index (κ1) is 11.5. The number of rotatable bonds is 3. The highest BCUT2D eigenvalue weighted by Gasteiger charge is 2.27. The van der Waals surface area contributed by atoms with Crippen molar-refractivity contribution in [2.45, 2.75) is 45.7 Å². The van der Waals surface area contributed by atoms with E-state index in [0.717, 1.165) is 19.4 Å². The number of nitrogens with zero attached hydrogens (tertiary/aromatic N) is 1. The van der Waals surface area contributed by atoms with Gasteiger partial charge in [0.1, 0.15) is 0 Å². The van der Waals surface area contributed by atoms with Crippen LogP contribution in [0.3, 0.4) is 0 Å². The van der Waals surface area contributed by atoms with E-state index in [1.807, 2.05) is 11.9 Å². The number of nitrogens with one attached hydrogen (secondary N) is 1. The molecule has 3 heteroatoms. The molecule has 2 unspecified atom stereocenters. The Kier molecular flexibility index (Phi) is 3.93. The van der Waals surface area contributed by atoms with Gasteiger partial charge in [0.25, 0.3) is 0 Å². The molecule has 2 atom stereocenters. The number of carbonyl (C=O) groups excluding carboxylic acids is 1. The highest BCUT2D eigenvalue weighted by atomic mass is 16.2. The summed E-state index contributed by atoms with van der Waals surface area (Å²) in [6.45, 7) is 7.39. The lowest BCUT2D eigenvalue weighted by molar-refractivity contribution is -0.134. The Bertz CT molecular complexity index is 197. The molecule has 1 heterocycles. The van der Waals surface area contributed by atoms with E-state index in [1.165, 1.54) is 0 Å². The molecule has 1 rings (SSSR count). The highest BCUT2D eigenvalue weighted by molar-refractivity contribution is 5.82. The van der Waals surface area contributed by atoms with Crippen molar-refractivity contribution in [2.75, 3.05) is 13.6 Å². The van der Waals surface area contributed by atoms with E-state index in [2.05, 4.69) is 26.1 Å². The predicted molar refractivity (Wildman–Crippen MR) is 58.1 cm³/mol. The molecular weight excluding hydrogens is 176 g/mol. The maximum absolute atomic E-state index is 12.0. The lowest BCUT2D eigenvalue weighted by Gasteiger charge is -2.30. The molecule has 1 aliphatic rings. The van der Waals surface area contributed by atoms with Crippen LogP contribution in [0.25, 0.3) is 0 Å². The number of hydrogen-bond donors (Lipinski definition) is 1. The quantitative estimate of drug-likeness (QED) is 0.740. The Hall–Kier alpha value is -0.570. The fourth-order valence-electron chi connectivity index (χ4n) is 1.79. The van der Waals surface area contributed by atoms with Gasteiger partial charge in [-0.25, -0.2) is 0 Å². The fraction of sp³-hybridized carbons (Fsp3) is 0.909. The van der Waals surface area contributed by atoms with Crippen molar-refractivity contribution >= 4 is 5.91 Å². The van der Waals surface area contributed by atoms with E-state index < -0.39 is 0 Å². The van der Waals surface area contributed by atoms with Crippen LogP contribution in [0, 0.1) is 5.92 Å². The van der Waals surface area contributed by atoms with Gasteiger partial charge in [-0.2, -0.15) is 0 Å². The fourth-order valence-corrected chi connectivity index (χ4v) is 1.79. The number of hydrogen-bond acceptors (Lipinski definition) is 2. The third-order valence-corrected chi connectivity index (χ3v) is 3.28. The molecule has 0 aromatic carbocycles. The largest absolute Gasteiger partial charge is 0.341 e. The lowest BCUT2D eigenvalue weighted by Crippen LogP contribution is -2.46. The van der Waals surface area contributed by atoms with Gasteiger partial charge in [0.05, 0.1) is 6.04 Å².